The smallest absolute Gasteiger partial charge is 0.229 e. The molecule has 1 amide bonds. The molecule has 0 fully saturated rings. The quantitative estimate of drug-likeness (QED) is 0.657. The number of benzene rings is 2. The van der Waals surface area contributed by atoms with Crippen molar-refractivity contribution >= 4 is 34.7 Å². The monoisotopic (exact) mass is 369 g/mol. The van der Waals surface area contributed by atoms with Crippen molar-refractivity contribution in [2.24, 2.45) is 0 Å². The predicted octanol–water partition coefficient (Wildman–Crippen LogP) is 5.11. The van der Waals surface area contributed by atoms with E-state index in [1.54, 1.807) is 24.4 Å². The fraction of sp³-hybridized carbons (Fsp3) is 0.100. The van der Waals surface area contributed by atoms with Gasteiger partial charge in [0.1, 0.15) is 11.6 Å². The van der Waals surface area contributed by atoms with Crippen LogP contribution in [0.3, 0.4) is 0 Å². The maximum atomic E-state index is 13.2. The minimum Gasteiger partial charge on any atom is -0.354 e. The van der Waals surface area contributed by atoms with Crippen molar-refractivity contribution in [3.05, 3.63) is 82.8 Å². The van der Waals surface area contributed by atoms with Crippen LogP contribution in [0.4, 0.5) is 21.6 Å². The number of hydrogen-bond acceptors (Lipinski definition) is 3. The number of nitrogens with zero attached hydrogens (tertiary/aromatic N) is 1. The maximum Gasteiger partial charge on any atom is 0.229 e. The van der Waals surface area contributed by atoms with Crippen LogP contribution >= 0.6 is 11.6 Å². The minimum atomic E-state index is -0.470. The molecule has 3 aromatic rings. The second-order valence-corrected chi connectivity index (χ2v) is 6.24. The van der Waals surface area contributed by atoms with Crippen molar-refractivity contribution in [2.45, 2.75) is 13.3 Å². The Kier molecular flexibility index (Phi) is 5.49. The van der Waals surface area contributed by atoms with Gasteiger partial charge in [0.05, 0.1) is 23.3 Å². The van der Waals surface area contributed by atoms with Gasteiger partial charge in [-0.25, -0.2) is 9.37 Å². The summed E-state index contributed by atoms with van der Waals surface area (Å²) in [4.78, 5) is 16.4. The molecule has 132 valence electrons. The van der Waals surface area contributed by atoms with Gasteiger partial charge in [0.25, 0.3) is 0 Å². The van der Waals surface area contributed by atoms with Gasteiger partial charge >= 0.3 is 0 Å². The number of hydrogen-bond donors (Lipinski definition) is 2. The molecule has 1 aromatic heterocycles. The Balaban J connectivity index is 1.61. The summed E-state index contributed by atoms with van der Waals surface area (Å²) in [5.74, 6) is -0.133. The zero-order valence-electron chi connectivity index (χ0n) is 14.1. The third kappa shape index (κ3) is 4.58. The fourth-order valence-electron chi connectivity index (χ4n) is 2.45. The van der Waals surface area contributed by atoms with E-state index >= 15 is 0 Å². The highest BCUT2D eigenvalue weighted by Crippen LogP contribution is 2.23. The van der Waals surface area contributed by atoms with E-state index in [-0.39, 0.29) is 10.9 Å². The Bertz CT molecular complexity index is 929. The van der Waals surface area contributed by atoms with E-state index < -0.39 is 5.82 Å². The summed E-state index contributed by atoms with van der Waals surface area (Å²) in [7, 11) is 0. The highest BCUT2D eigenvalue weighted by molar-refractivity contribution is 6.31. The first kappa shape index (κ1) is 17.9. The molecule has 0 saturated heterocycles. The summed E-state index contributed by atoms with van der Waals surface area (Å²) in [5.41, 5.74) is 3.41. The summed E-state index contributed by atoms with van der Waals surface area (Å²) in [6, 6.07) is 15.6. The van der Waals surface area contributed by atoms with Crippen LogP contribution < -0.4 is 10.6 Å². The molecule has 3 rings (SSSR count). The Hall–Kier alpha value is -2.92. The molecular formula is C20H17ClFN3O. The van der Waals surface area contributed by atoms with Gasteiger partial charge < -0.3 is 10.6 Å². The van der Waals surface area contributed by atoms with Crippen molar-refractivity contribution in [2.75, 3.05) is 10.6 Å². The lowest BCUT2D eigenvalue weighted by molar-refractivity contribution is -0.115. The van der Waals surface area contributed by atoms with Gasteiger partial charge in [-0.3, -0.25) is 4.79 Å². The van der Waals surface area contributed by atoms with Gasteiger partial charge in [0, 0.05) is 5.69 Å². The average Bonchev–Trinajstić information content (AvgIpc) is 2.62. The van der Waals surface area contributed by atoms with Crippen LogP contribution in [0.1, 0.15) is 11.1 Å². The number of carbonyl (C=O) groups is 1. The topological polar surface area (TPSA) is 54.0 Å². The van der Waals surface area contributed by atoms with Crippen LogP contribution in [0.2, 0.25) is 5.02 Å². The molecule has 4 nitrogen and oxygen atoms in total. The van der Waals surface area contributed by atoms with Crippen molar-refractivity contribution in [3.8, 4) is 0 Å². The number of nitrogens with one attached hydrogen (secondary N) is 2. The highest BCUT2D eigenvalue weighted by Gasteiger charge is 2.07. The summed E-state index contributed by atoms with van der Waals surface area (Å²) >= 11 is 5.76. The zero-order chi connectivity index (χ0) is 18.5. The second kappa shape index (κ2) is 7.97. The van der Waals surface area contributed by atoms with Crippen molar-refractivity contribution < 1.29 is 9.18 Å². The largest absolute Gasteiger partial charge is 0.354 e. The molecule has 0 spiro atoms. The van der Waals surface area contributed by atoms with Crippen LogP contribution in [0.5, 0.6) is 0 Å². The number of aryl methyl sites for hydroxylation is 1. The van der Waals surface area contributed by atoms with Crippen LogP contribution in [-0.4, -0.2) is 10.9 Å². The first-order chi connectivity index (χ1) is 12.5. The van der Waals surface area contributed by atoms with Crippen LogP contribution in [0.15, 0.2) is 60.8 Å². The lowest BCUT2D eigenvalue weighted by Crippen LogP contribution is -2.15. The Morgan fingerprint density at radius 1 is 1.12 bits per heavy atom. The van der Waals surface area contributed by atoms with E-state index in [1.807, 2.05) is 31.2 Å². The molecule has 0 aliphatic heterocycles. The molecule has 0 saturated carbocycles. The first-order valence-electron chi connectivity index (χ1n) is 8.04. The molecule has 0 radical (unpaired) electrons. The molecule has 6 heteroatoms. The van der Waals surface area contributed by atoms with E-state index in [0.29, 0.717) is 23.6 Å². The lowest BCUT2D eigenvalue weighted by Gasteiger charge is -2.09. The van der Waals surface area contributed by atoms with Crippen LogP contribution in [0.25, 0.3) is 0 Å². The Morgan fingerprint density at radius 2 is 1.88 bits per heavy atom. The fourth-order valence-corrected chi connectivity index (χ4v) is 2.63. The summed E-state index contributed by atoms with van der Waals surface area (Å²) < 4.78 is 13.2. The van der Waals surface area contributed by atoms with E-state index in [2.05, 4.69) is 15.6 Å². The van der Waals surface area contributed by atoms with Crippen LogP contribution in [-0.2, 0) is 11.2 Å². The SMILES string of the molecule is Cc1ccccc1CC(=O)Nc1ccc(Nc2ccc(F)c(Cl)c2)cn1. The Morgan fingerprint density at radius 3 is 2.58 bits per heavy atom. The van der Waals surface area contributed by atoms with E-state index in [1.165, 1.54) is 12.1 Å². The van der Waals surface area contributed by atoms with E-state index in [0.717, 1.165) is 11.1 Å². The number of anilines is 3. The van der Waals surface area contributed by atoms with Gasteiger partial charge in [-0.2, -0.15) is 0 Å². The molecule has 2 N–H and O–H groups in total. The molecule has 0 bridgehead atoms. The summed E-state index contributed by atoms with van der Waals surface area (Å²) in [5, 5.41) is 5.89. The summed E-state index contributed by atoms with van der Waals surface area (Å²) in [6.07, 6.45) is 1.88. The molecule has 1 heterocycles. The third-order valence-corrected chi connectivity index (χ3v) is 4.14. The molecule has 0 aliphatic carbocycles. The number of carbonyl (C=O) groups excluding carboxylic acids is 1. The number of amides is 1. The average molecular weight is 370 g/mol. The zero-order valence-corrected chi connectivity index (χ0v) is 14.8. The van der Waals surface area contributed by atoms with E-state index in [4.69, 9.17) is 11.6 Å². The van der Waals surface area contributed by atoms with Crippen molar-refractivity contribution in [1.29, 1.82) is 0 Å². The van der Waals surface area contributed by atoms with Crippen molar-refractivity contribution in [3.63, 3.8) is 0 Å². The number of pyridine rings is 1. The number of rotatable bonds is 5. The normalized spacial score (nSPS) is 10.4. The van der Waals surface area contributed by atoms with Crippen LogP contribution in [0, 0.1) is 12.7 Å². The van der Waals surface area contributed by atoms with E-state index in [9.17, 15) is 9.18 Å². The number of aromatic nitrogens is 1. The van der Waals surface area contributed by atoms with Crippen molar-refractivity contribution in [1.82, 2.24) is 4.98 Å². The van der Waals surface area contributed by atoms with Gasteiger partial charge in [-0.1, -0.05) is 35.9 Å². The standard InChI is InChI=1S/C20H17ClFN3O/c1-13-4-2-3-5-14(13)10-20(26)25-19-9-7-16(12-23-19)24-15-6-8-18(22)17(21)11-15/h2-9,11-12,24H,10H2,1H3,(H,23,25,26). The molecule has 2 aromatic carbocycles. The minimum absolute atomic E-state index is 0.0445. The van der Waals surface area contributed by atoms with Gasteiger partial charge in [0.15, 0.2) is 0 Å². The molecule has 0 aliphatic rings. The molecule has 0 atom stereocenters. The Labute approximate surface area is 156 Å². The molecule has 0 unspecified atom stereocenters. The van der Waals surface area contributed by atoms with Gasteiger partial charge in [-0.15, -0.1) is 0 Å². The third-order valence-electron chi connectivity index (χ3n) is 3.85. The van der Waals surface area contributed by atoms with Gasteiger partial charge in [-0.05, 0) is 48.4 Å². The lowest BCUT2D eigenvalue weighted by atomic mass is 10.1. The molecule has 26 heavy (non-hydrogen) atoms. The molecular weight excluding hydrogens is 353 g/mol. The van der Waals surface area contributed by atoms with Gasteiger partial charge in [0.2, 0.25) is 5.91 Å². The maximum absolute atomic E-state index is 13.2. The summed E-state index contributed by atoms with van der Waals surface area (Å²) in [6.45, 7) is 1.98. The second-order valence-electron chi connectivity index (χ2n) is 5.84. The predicted molar refractivity (Wildman–Crippen MR) is 102 cm³/mol. The number of halogens is 2. The highest BCUT2D eigenvalue weighted by atomic mass is 35.5. The first-order valence-corrected chi connectivity index (χ1v) is 8.41.